The summed E-state index contributed by atoms with van der Waals surface area (Å²) in [5.74, 6) is 1.02. The van der Waals surface area contributed by atoms with Gasteiger partial charge in [-0.2, -0.15) is 0 Å². The molecule has 1 N–H and O–H groups in total. The van der Waals surface area contributed by atoms with Crippen molar-refractivity contribution >= 4 is 35.0 Å². The second-order valence-electron chi connectivity index (χ2n) is 4.85. The van der Waals surface area contributed by atoms with Gasteiger partial charge in [0.15, 0.2) is 0 Å². The highest BCUT2D eigenvalue weighted by molar-refractivity contribution is 7.99. The summed E-state index contributed by atoms with van der Waals surface area (Å²) >= 11 is 13.8. The fourth-order valence-electron chi connectivity index (χ4n) is 2.15. The van der Waals surface area contributed by atoms with Crippen LogP contribution in [0.5, 0.6) is 0 Å². The first-order valence-corrected chi connectivity index (χ1v) is 8.77. The van der Waals surface area contributed by atoms with Crippen molar-refractivity contribution in [1.82, 2.24) is 5.32 Å². The van der Waals surface area contributed by atoms with Crippen molar-refractivity contribution in [1.29, 1.82) is 0 Å². The number of thioether (sulfide) groups is 1. The molecule has 2 rings (SSSR count). The van der Waals surface area contributed by atoms with Gasteiger partial charge in [0.1, 0.15) is 0 Å². The Morgan fingerprint density at radius 3 is 2.48 bits per heavy atom. The summed E-state index contributed by atoms with van der Waals surface area (Å²) in [7, 11) is 0. The lowest BCUT2D eigenvalue weighted by molar-refractivity contribution is 0.572. The molecular formula is C17H19Cl2NS. The third-order valence-electron chi connectivity index (χ3n) is 3.13. The molecule has 0 aliphatic rings. The molecule has 112 valence electrons. The SMILES string of the molecule is CCNC(CSc1ccc(Cl)cc1)Cc1cccc(Cl)c1. The lowest BCUT2D eigenvalue weighted by atomic mass is 10.1. The van der Waals surface area contributed by atoms with Crippen LogP contribution in [-0.4, -0.2) is 18.3 Å². The van der Waals surface area contributed by atoms with Crippen molar-refractivity contribution < 1.29 is 0 Å². The van der Waals surface area contributed by atoms with Crippen molar-refractivity contribution in [3.63, 3.8) is 0 Å². The molecule has 0 radical (unpaired) electrons. The van der Waals surface area contributed by atoms with Crippen LogP contribution in [0.4, 0.5) is 0 Å². The Labute approximate surface area is 141 Å². The molecule has 21 heavy (non-hydrogen) atoms. The Morgan fingerprint density at radius 1 is 1.05 bits per heavy atom. The van der Waals surface area contributed by atoms with E-state index in [9.17, 15) is 0 Å². The van der Waals surface area contributed by atoms with Gasteiger partial charge in [-0.3, -0.25) is 0 Å². The predicted molar refractivity (Wildman–Crippen MR) is 94.8 cm³/mol. The lowest BCUT2D eigenvalue weighted by Gasteiger charge is -2.18. The fourth-order valence-corrected chi connectivity index (χ4v) is 3.45. The molecule has 2 aromatic carbocycles. The number of hydrogen-bond donors (Lipinski definition) is 1. The predicted octanol–water partition coefficient (Wildman–Crippen LogP) is 5.31. The van der Waals surface area contributed by atoms with E-state index in [1.807, 2.05) is 42.1 Å². The number of nitrogens with one attached hydrogen (secondary N) is 1. The molecule has 1 unspecified atom stereocenters. The molecule has 0 saturated carbocycles. The second-order valence-corrected chi connectivity index (χ2v) is 6.82. The molecule has 0 heterocycles. The van der Waals surface area contributed by atoms with Gasteiger partial charge in [0.25, 0.3) is 0 Å². The number of rotatable bonds is 7. The molecule has 0 aliphatic heterocycles. The van der Waals surface area contributed by atoms with Crippen LogP contribution in [0.25, 0.3) is 0 Å². The molecule has 1 atom stereocenters. The van der Waals surface area contributed by atoms with Crippen LogP contribution in [-0.2, 0) is 6.42 Å². The Kier molecular flexibility index (Phi) is 6.91. The van der Waals surface area contributed by atoms with Crippen LogP contribution in [0.2, 0.25) is 10.0 Å². The van der Waals surface area contributed by atoms with Gasteiger partial charge >= 0.3 is 0 Å². The smallest absolute Gasteiger partial charge is 0.0408 e. The minimum Gasteiger partial charge on any atom is -0.313 e. The quantitative estimate of drug-likeness (QED) is 0.686. The number of benzene rings is 2. The average Bonchev–Trinajstić information content (AvgIpc) is 2.47. The van der Waals surface area contributed by atoms with Gasteiger partial charge in [0.2, 0.25) is 0 Å². The maximum absolute atomic E-state index is 6.06. The molecule has 4 heteroatoms. The highest BCUT2D eigenvalue weighted by atomic mass is 35.5. The molecule has 0 aromatic heterocycles. The van der Waals surface area contributed by atoms with Crippen LogP contribution >= 0.6 is 35.0 Å². The van der Waals surface area contributed by atoms with Crippen LogP contribution < -0.4 is 5.32 Å². The van der Waals surface area contributed by atoms with Crippen molar-refractivity contribution in [2.45, 2.75) is 24.3 Å². The second kappa shape index (κ2) is 8.70. The van der Waals surface area contributed by atoms with E-state index >= 15 is 0 Å². The Hall–Kier alpha value is -0.670. The highest BCUT2D eigenvalue weighted by Crippen LogP contribution is 2.22. The first-order valence-electron chi connectivity index (χ1n) is 7.03. The van der Waals surface area contributed by atoms with Gasteiger partial charge in [-0.1, -0.05) is 42.3 Å². The first kappa shape index (κ1) is 16.7. The minimum absolute atomic E-state index is 0.425. The normalized spacial score (nSPS) is 12.3. The molecule has 0 bridgehead atoms. The van der Waals surface area contributed by atoms with Crippen LogP contribution in [0.3, 0.4) is 0 Å². The van der Waals surface area contributed by atoms with Crippen molar-refractivity contribution in [2.75, 3.05) is 12.3 Å². The molecule has 0 amide bonds. The Morgan fingerprint density at radius 2 is 1.81 bits per heavy atom. The lowest BCUT2D eigenvalue weighted by Crippen LogP contribution is -2.33. The van der Waals surface area contributed by atoms with Gasteiger partial charge in [0, 0.05) is 26.7 Å². The summed E-state index contributed by atoms with van der Waals surface area (Å²) in [4.78, 5) is 1.24. The summed E-state index contributed by atoms with van der Waals surface area (Å²) in [6, 6.07) is 16.5. The van der Waals surface area contributed by atoms with E-state index in [1.54, 1.807) is 0 Å². The van der Waals surface area contributed by atoms with E-state index in [1.165, 1.54) is 10.5 Å². The molecular weight excluding hydrogens is 321 g/mol. The fraction of sp³-hybridized carbons (Fsp3) is 0.294. The van der Waals surface area contributed by atoms with Crippen molar-refractivity contribution in [3.8, 4) is 0 Å². The third kappa shape index (κ3) is 5.91. The van der Waals surface area contributed by atoms with Gasteiger partial charge in [0.05, 0.1) is 0 Å². The molecule has 1 nitrogen and oxygen atoms in total. The number of hydrogen-bond acceptors (Lipinski definition) is 2. The van der Waals surface area contributed by atoms with E-state index in [4.69, 9.17) is 23.2 Å². The highest BCUT2D eigenvalue weighted by Gasteiger charge is 2.09. The minimum atomic E-state index is 0.425. The Bertz CT molecular complexity index is 557. The van der Waals surface area contributed by atoms with Crippen LogP contribution in [0.15, 0.2) is 53.4 Å². The van der Waals surface area contributed by atoms with E-state index in [0.717, 1.165) is 28.8 Å². The van der Waals surface area contributed by atoms with Crippen molar-refractivity contribution in [3.05, 3.63) is 64.1 Å². The van der Waals surface area contributed by atoms with E-state index in [2.05, 4.69) is 30.4 Å². The standard InChI is InChI=1S/C17H19Cl2NS/c1-2-20-16(11-13-4-3-5-15(19)10-13)12-21-17-8-6-14(18)7-9-17/h3-10,16,20H,2,11-12H2,1H3. The zero-order valence-electron chi connectivity index (χ0n) is 12.0. The van der Waals surface area contributed by atoms with Gasteiger partial charge < -0.3 is 5.32 Å². The summed E-state index contributed by atoms with van der Waals surface area (Å²) in [5.41, 5.74) is 1.27. The molecule has 0 saturated heterocycles. The zero-order valence-corrected chi connectivity index (χ0v) is 14.3. The largest absolute Gasteiger partial charge is 0.313 e. The molecule has 0 fully saturated rings. The number of halogens is 2. The molecule has 2 aromatic rings. The Balaban J connectivity index is 1.93. The van der Waals surface area contributed by atoms with Crippen molar-refractivity contribution in [2.24, 2.45) is 0 Å². The van der Waals surface area contributed by atoms with Gasteiger partial charge in [-0.25, -0.2) is 0 Å². The van der Waals surface area contributed by atoms with Crippen LogP contribution in [0, 0.1) is 0 Å². The van der Waals surface area contributed by atoms with Crippen LogP contribution in [0.1, 0.15) is 12.5 Å². The summed E-state index contributed by atoms with van der Waals surface area (Å²) < 4.78 is 0. The first-order chi connectivity index (χ1) is 10.2. The summed E-state index contributed by atoms with van der Waals surface area (Å²) in [6.07, 6.45) is 0.981. The topological polar surface area (TPSA) is 12.0 Å². The van der Waals surface area contributed by atoms with E-state index in [-0.39, 0.29) is 0 Å². The average molecular weight is 340 g/mol. The van der Waals surface area contributed by atoms with E-state index in [0.29, 0.717) is 6.04 Å². The molecule has 0 aliphatic carbocycles. The van der Waals surface area contributed by atoms with E-state index < -0.39 is 0 Å². The maximum Gasteiger partial charge on any atom is 0.0408 e. The van der Waals surface area contributed by atoms with Gasteiger partial charge in [-0.05, 0) is 54.9 Å². The number of likely N-dealkylation sites (N-methyl/N-ethyl adjacent to an activating group) is 1. The zero-order chi connectivity index (χ0) is 15.1. The summed E-state index contributed by atoms with van der Waals surface area (Å²) in [5, 5.41) is 5.12. The van der Waals surface area contributed by atoms with Gasteiger partial charge in [-0.15, -0.1) is 11.8 Å². The maximum atomic E-state index is 6.06. The third-order valence-corrected chi connectivity index (χ3v) is 4.79. The summed E-state index contributed by atoms with van der Waals surface area (Å²) in [6.45, 7) is 3.10. The molecule has 0 spiro atoms. The monoisotopic (exact) mass is 339 g/mol.